The van der Waals surface area contributed by atoms with E-state index in [-0.39, 0.29) is 24.1 Å². The minimum atomic E-state index is -0.282. The number of thiazole rings is 1. The van der Waals surface area contributed by atoms with Crippen LogP contribution in [0.5, 0.6) is 0 Å². The molecule has 0 saturated heterocycles. The molecule has 2 N–H and O–H groups in total. The summed E-state index contributed by atoms with van der Waals surface area (Å²) in [7, 11) is 0. The van der Waals surface area contributed by atoms with Crippen LogP contribution in [0.4, 0.5) is 9.52 Å². The second-order valence-electron chi connectivity index (χ2n) is 6.23. The van der Waals surface area contributed by atoms with E-state index in [1.165, 1.54) is 34.6 Å². The fourth-order valence-corrected chi connectivity index (χ4v) is 3.78. The zero-order chi connectivity index (χ0) is 17.9. The van der Waals surface area contributed by atoms with Crippen molar-refractivity contribution in [2.45, 2.75) is 12.8 Å². The Morgan fingerprint density at radius 2 is 1.81 bits per heavy atom. The zero-order valence-electron chi connectivity index (χ0n) is 14.5. The lowest BCUT2D eigenvalue weighted by molar-refractivity contribution is 0.102. The molecule has 0 aliphatic carbocycles. The number of aromatic nitrogens is 1. The van der Waals surface area contributed by atoms with E-state index in [0.717, 1.165) is 37.2 Å². The third-order valence-electron chi connectivity index (χ3n) is 4.48. The van der Waals surface area contributed by atoms with E-state index in [2.05, 4.69) is 15.6 Å². The van der Waals surface area contributed by atoms with Gasteiger partial charge in [0.15, 0.2) is 5.13 Å². The van der Waals surface area contributed by atoms with Crippen molar-refractivity contribution in [2.24, 2.45) is 0 Å². The molecule has 1 aliphatic heterocycles. The average Bonchev–Trinajstić information content (AvgIpc) is 2.98. The summed E-state index contributed by atoms with van der Waals surface area (Å²) in [6, 6.07) is 12.0. The molecule has 0 bridgehead atoms. The summed E-state index contributed by atoms with van der Waals surface area (Å²) in [5.74, 6) is -0.444. The van der Waals surface area contributed by atoms with Gasteiger partial charge in [-0.15, -0.1) is 23.7 Å². The average molecular weight is 404 g/mol. The van der Waals surface area contributed by atoms with Gasteiger partial charge in [0.05, 0.1) is 5.69 Å². The monoisotopic (exact) mass is 403 g/mol. The van der Waals surface area contributed by atoms with Crippen LogP contribution in [0, 0.1) is 5.82 Å². The summed E-state index contributed by atoms with van der Waals surface area (Å²) >= 11 is 1.36. The smallest absolute Gasteiger partial charge is 0.257 e. The Morgan fingerprint density at radius 1 is 1.07 bits per heavy atom. The number of benzene rings is 2. The fourth-order valence-electron chi connectivity index (χ4n) is 3.07. The minimum Gasteiger partial charge on any atom is -0.316 e. The van der Waals surface area contributed by atoms with Gasteiger partial charge in [-0.05, 0) is 73.5 Å². The number of halogens is 2. The second kappa shape index (κ2) is 8.61. The van der Waals surface area contributed by atoms with Crippen molar-refractivity contribution in [1.29, 1.82) is 0 Å². The first-order valence-corrected chi connectivity index (χ1v) is 9.42. The van der Waals surface area contributed by atoms with Gasteiger partial charge in [0.1, 0.15) is 5.82 Å². The highest BCUT2D eigenvalue weighted by Gasteiger charge is 2.14. The highest BCUT2D eigenvalue weighted by molar-refractivity contribution is 7.14. The summed E-state index contributed by atoms with van der Waals surface area (Å²) in [5, 5.41) is 8.62. The van der Waals surface area contributed by atoms with E-state index in [0.29, 0.717) is 10.7 Å². The molecular formula is C20H19ClFN3OS. The van der Waals surface area contributed by atoms with Gasteiger partial charge in [0.2, 0.25) is 0 Å². The van der Waals surface area contributed by atoms with Gasteiger partial charge in [0, 0.05) is 16.5 Å². The number of nitrogens with one attached hydrogen (secondary N) is 2. The lowest BCUT2D eigenvalue weighted by Gasteiger charge is -2.08. The Kier molecular flexibility index (Phi) is 6.21. The highest BCUT2D eigenvalue weighted by Crippen LogP contribution is 2.25. The number of hydrogen-bond donors (Lipinski definition) is 2. The van der Waals surface area contributed by atoms with Crippen LogP contribution in [0.25, 0.3) is 11.3 Å². The molecule has 1 aromatic heterocycles. The van der Waals surface area contributed by atoms with Gasteiger partial charge in [-0.25, -0.2) is 9.37 Å². The van der Waals surface area contributed by atoms with Crippen molar-refractivity contribution < 1.29 is 9.18 Å². The van der Waals surface area contributed by atoms with Crippen molar-refractivity contribution in [3.8, 4) is 11.3 Å². The molecule has 140 valence electrons. The lowest BCUT2D eigenvalue weighted by atomic mass is 10.00. The Labute approximate surface area is 167 Å². The summed E-state index contributed by atoms with van der Waals surface area (Å²) in [4.78, 5) is 17.0. The van der Waals surface area contributed by atoms with Gasteiger partial charge in [-0.2, -0.15) is 0 Å². The number of fused-ring (bicyclic) bond motifs is 1. The number of carbonyl (C=O) groups excluding carboxylic acids is 1. The van der Waals surface area contributed by atoms with Gasteiger partial charge >= 0.3 is 0 Å². The molecule has 2 aromatic carbocycles. The summed E-state index contributed by atoms with van der Waals surface area (Å²) in [5.41, 5.74) is 4.72. The fraction of sp³-hybridized carbons (Fsp3) is 0.200. The zero-order valence-corrected chi connectivity index (χ0v) is 16.1. The maximum Gasteiger partial charge on any atom is 0.257 e. The van der Waals surface area contributed by atoms with Gasteiger partial charge in [-0.3, -0.25) is 10.1 Å². The van der Waals surface area contributed by atoms with E-state index in [9.17, 15) is 9.18 Å². The van der Waals surface area contributed by atoms with Gasteiger partial charge in [-0.1, -0.05) is 6.07 Å². The quantitative estimate of drug-likeness (QED) is 0.685. The Morgan fingerprint density at radius 3 is 2.59 bits per heavy atom. The van der Waals surface area contributed by atoms with Crippen molar-refractivity contribution in [3.63, 3.8) is 0 Å². The number of anilines is 1. The maximum absolute atomic E-state index is 13.0. The van der Waals surface area contributed by atoms with Crippen LogP contribution >= 0.6 is 23.7 Å². The van der Waals surface area contributed by atoms with E-state index < -0.39 is 0 Å². The lowest BCUT2D eigenvalue weighted by Crippen LogP contribution is -2.16. The van der Waals surface area contributed by atoms with Gasteiger partial charge < -0.3 is 5.32 Å². The standard InChI is InChI=1S/C20H18FN3OS.ClH/c21-17-5-3-14(4-6-17)18-12-26-20(23-18)24-19(25)16-2-1-13-7-9-22-10-8-15(13)11-16;/h1-6,11-12,22H,7-10H2,(H,23,24,25);1H. The Hall–Kier alpha value is -2.28. The summed E-state index contributed by atoms with van der Waals surface area (Å²) in [6.07, 6.45) is 1.92. The normalized spacial score (nSPS) is 13.2. The van der Waals surface area contributed by atoms with E-state index >= 15 is 0 Å². The van der Waals surface area contributed by atoms with E-state index in [1.807, 2.05) is 23.6 Å². The summed E-state index contributed by atoms with van der Waals surface area (Å²) < 4.78 is 13.0. The number of hydrogen-bond acceptors (Lipinski definition) is 4. The Bertz CT molecular complexity index is 943. The minimum absolute atomic E-state index is 0. The predicted molar refractivity (Wildman–Crippen MR) is 109 cm³/mol. The SMILES string of the molecule is Cl.O=C(Nc1nc(-c2ccc(F)cc2)cs1)c1ccc2c(c1)CCNCC2. The van der Waals surface area contributed by atoms with Crippen LogP contribution in [-0.4, -0.2) is 24.0 Å². The number of amides is 1. The molecule has 4 nitrogen and oxygen atoms in total. The van der Waals surface area contributed by atoms with Crippen LogP contribution in [-0.2, 0) is 12.8 Å². The predicted octanol–water partition coefficient (Wildman–Crippen LogP) is 4.31. The molecule has 0 saturated carbocycles. The van der Waals surface area contributed by atoms with E-state index in [1.54, 1.807) is 12.1 Å². The molecule has 1 amide bonds. The first-order chi connectivity index (χ1) is 12.7. The van der Waals surface area contributed by atoms with Crippen LogP contribution in [0.15, 0.2) is 47.8 Å². The molecule has 7 heteroatoms. The van der Waals surface area contributed by atoms with Crippen molar-refractivity contribution in [3.05, 3.63) is 70.4 Å². The third kappa shape index (κ3) is 4.53. The Balaban J connectivity index is 0.00000210. The summed E-state index contributed by atoms with van der Waals surface area (Å²) in [6.45, 7) is 1.91. The van der Waals surface area contributed by atoms with Gasteiger partial charge in [0.25, 0.3) is 5.91 Å². The topological polar surface area (TPSA) is 54.0 Å². The maximum atomic E-state index is 13.0. The molecule has 0 unspecified atom stereocenters. The number of carbonyl (C=O) groups is 1. The van der Waals surface area contributed by atoms with Crippen molar-refractivity contribution >= 4 is 34.8 Å². The molecule has 0 spiro atoms. The molecular weight excluding hydrogens is 385 g/mol. The van der Waals surface area contributed by atoms with Crippen LogP contribution in [0.3, 0.4) is 0 Å². The van der Waals surface area contributed by atoms with Crippen LogP contribution in [0.1, 0.15) is 21.5 Å². The molecule has 2 heterocycles. The van der Waals surface area contributed by atoms with Crippen molar-refractivity contribution in [1.82, 2.24) is 10.3 Å². The largest absolute Gasteiger partial charge is 0.316 e. The number of nitrogens with zero attached hydrogens (tertiary/aromatic N) is 1. The molecule has 4 rings (SSSR count). The first-order valence-electron chi connectivity index (χ1n) is 8.54. The number of rotatable bonds is 3. The molecule has 0 atom stereocenters. The first kappa shape index (κ1) is 19.5. The highest BCUT2D eigenvalue weighted by atomic mass is 35.5. The van der Waals surface area contributed by atoms with Crippen LogP contribution < -0.4 is 10.6 Å². The molecule has 3 aromatic rings. The molecule has 1 aliphatic rings. The second-order valence-corrected chi connectivity index (χ2v) is 7.09. The van der Waals surface area contributed by atoms with E-state index in [4.69, 9.17) is 0 Å². The molecule has 0 fully saturated rings. The van der Waals surface area contributed by atoms with Crippen LogP contribution in [0.2, 0.25) is 0 Å². The van der Waals surface area contributed by atoms with Crippen molar-refractivity contribution in [2.75, 3.05) is 18.4 Å². The third-order valence-corrected chi connectivity index (χ3v) is 5.23. The molecule has 0 radical (unpaired) electrons. The molecule has 27 heavy (non-hydrogen) atoms.